The summed E-state index contributed by atoms with van der Waals surface area (Å²) in [7, 11) is 0. The molecule has 0 aliphatic carbocycles. The summed E-state index contributed by atoms with van der Waals surface area (Å²) in [4.78, 5) is 0. The van der Waals surface area contributed by atoms with Gasteiger partial charge in [-0.1, -0.05) is 30.3 Å². The molecule has 2 nitrogen and oxygen atoms in total. The molecule has 0 amide bonds. The number of para-hydroxylation sites is 1. The van der Waals surface area contributed by atoms with Gasteiger partial charge in [0, 0.05) is 0 Å². The van der Waals surface area contributed by atoms with Crippen LogP contribution in [-0.2, 0) is 3.08 Å². The first kappa shape index (κ1) is 20.9. The Morgan fingerprint density at radius 1 is 1.00 bits per heavy atom. The second-order valence-electron chi connectivity index (χ2n) is 4.06. The Bertz CT molecular complexity index is 281. The second kappa shape index (κ2) is 15.7. The van der Waals surface area contributed by atoms with Crippen molar-refractivity contribution in [3.63, 3.8) is 0 Å². The Hall–Kier alpha value is 0.619. The van der Waals surface area contributed by atoms with Crippen LogP contribution in [0.5, 0.6) is 5.75 Å². The molecule has 0 atom stereocenters. The molecule has 0 aromatic heterocycles. The van der Waals surface area contributed by atoms with Crippen molar-refractivity contribution in [2.24, 2.45) is 0 Å². The molecule has 0 fully saturated rings. The molecule has 0 bridgehead atoms. The van der Waals surface area contributed by atoms with Gasteiger partial charge in [-0.2, -0.15) is 0 Å². The summed E-state index contributed by atoms with van der Waals surface area (Å²) in [5.41, 5.74) is 0. The largest absolute Gasteiger partial charge is 1.00 e. The molecule has 4 heteroatoms. The molecule has 0 saturated heterocycles. The number of benzene rings is 1. The smallest absolute Gasteiger partial charge is 0.872 e. The zero-order chi connectivity index (χ0) is 12.9. The molecule has 0 unspecified atom stereocenters. The summed E-state index contributed by atoms with van der Waals surface area (Å²) in [6.45, 7) is 4.33. The fraction of sp³-hybridized carbons (Fsp3) is 0.571. The number of hydrogen-bond donors (Lipinski definition) is 0. The van der Waals surface area contributed by atoms with Gasteiger partial charge < -0.3 is 5.11 Å². The fourth-order valence-electron chi connectivity index (χ4n) is 1.29. The standard InChI is InChI=1S/C6H6O.2C4H9.Na.O.Sn/c7-6-4-2-1-3-5-6;2*1-3-4-2;;;/h1-5,7H;2*1,3-4H2,2H3;;;/q;;;+1;;/p-1. The van der Waals surface area contributed by atoms with Gasteiger partial charge in [0.2, 0.25) is 0 Å². The van der Waals surface area contributed by atoms with Crippen LogP contribution in [0.25, 0.3) is 0 Å². The van der Waals surface area contributed by atoms with Crippen molar-refractivity contribution in [2.45, 2.75) is 48.4 Å². The molecule has 0 heterocycles. The van der Waals surface area contributed by atoms with E-state index in [0.717, 1.165) is 8.87 Å². The van der Waals surface area contributed by atoms with Gasteiger partial charge in [-0.3, -0.25) is 0 Å². The summed E-state index contributed by atoms with van der Waals surface area (Å²) < 4.78 is 13.4. The molecule has 0 aliphatic heterocycles. The van der Waals surface area contributed by atoms with Crippen LogP contribution >= 0.6 is 0 Å². The Labute approximate surface area is 141 Å². The van der Waals surface area contributed by atoms with Gasteiger partial charge in [-0.25, -0.2) is 0 Å². The van der Waals surface area contributed by atoms with E-state index in [9.17, 15) is 8.18 Å². The second-order valence-corrected chi connectivity index (χ2v) is 9.99. The maximum absolute atomic E-state index is 11.2. The van der Waals surface area contributed by atoms with Crippen LogP contribution in [-0.4, -0.2) is 19.7 Å². The molecule has 1 aromatic rings. The van der Waals surface area contributed by atoms with E-state index >= 15 is 0 Å². The predicted molar refractivity (Wildman–Crippen MR) is 71.8 cm³/mol. The molecule has 0 spiro atoms. The van der Waals surface area contributed by atoms with Crippen molar-refractivity contribution < 1.29 is 37.7 Å². The molecule has 0 saturated carbocycles. The van der Waals surface area contributed by atoms with Crippen molar-refractivity contribution >= 4 is 19.7 Å². The maximum Gasteiger partial charge on any atom is 1.00 e. The first-order valence-corrected chi connectivity index (χ1v) is 11.6. The SMILES string of the molecule is CCC[CH2][Sn](=[O])[CH2]CCC.[Na+].[O-]c1ccccc1. The van der Waals surface area contributed by atoms with E-state index in [1.54, 1.807) is 12.1 Å². The molecular weight excluding hydrogens is 342 g/mol. The molecule has 0 aliphatic rings. The van der Waals surface area contributed by atoms with Crippen molar-refractivity contribution in [2.75, 3.05) is 0 Å². The molecule has 96 valence electrons. The van der Waals surface area contributed by atoms with E-state index < -0.39 is 19.7 Å². The van der Waals surface area contributed by atoms with Crippen LogP contribution < -0.4 is 34.7 Å². The Kier molecular flexibility index (Phi) is 18.2. The third-order valence-electron chi connectivity index (χ3n) is 2.36. The van der Waals surface area contributed by atoms with E-state index in [1.807, 2.05) is 6.07 Å². The number of hydrogen-bond acceptors (Lipinski definition) is 2. The van der Waals surface area contributed by atoms with Crippen LogP contribution in [0.4, 0.5) is 0 Å². The summed E-state index contributed by atoms with van der Waals surface area (Å²) in [5, 5.41) is 10.3. The van der Waals surface area contributed by atoms with Crippen molar-refractivity contribution in [3.8, 4) is 5.75 Å². The summed E-state index contributed by atoms with van der Waals surface area (Å²) in [5.74, 6) is 0.0718. The van der Waals surface area contributed by atoms with E-state index in [-0.39, 0.29) is 35.3 Å². The quantitative estimate of drug-likeness (QED) is 0.699. The molecule has 0 N–H and O–H groups in total. The van der Waals surface area contributed by atoms with Crippen LogP contribution in [0.2, 0.25) is 8.87 Å². The molecule has 0 radical (unpaired) electrons. The minimum absolute atomic E-state index is 0. The maximum atomic E-state index is 11.2. The van der Waals surface area contributed by atoms with Crippen LogP contribution in [0.3, 0.4) is 0 Å². The van der Waals surface area contributed by atoms with Crippen LogP contribution in [0.15, 0.2) is 30.3 Å². The van der Waals surface area contributed by atoms with Crippen molar-refractivity contribution in [3.05, 3.63) is 30.3 Å². The van der Waals surface area contributed by atoms with Crippen molar-refractivity contribution in [1.82, 2.24) is 0 Å². The fourth-order valence-corrected chi connectivity index (χ4v) is 6.28. The number of rotatable bonds is 6. The third kappa shape index (κ3) is 14.7. The Balaban J connectivity index is 0. The first-order chi connectivity index (χ1) is 8.20. The summed E-state index contributed by atoms with van der Waals surface area (Å²) in [6, 6.07) is 8.33. The van der Waals surface area contributed by atoms with Crippen LogP contribution in [0, 0.1) is 0 Å². The number of unbranched alkanes of at least 4 members (excludes halogenated alkanes) is 2. The van der Waals surface area contributed by atoms with E-state index in [4.69, 9.17) is 0 Å². The van der Waals surface area contributed by atoms with Gasteiger partial charge in [0.05, 0.1) is 0 Å². The van der Waals surface area contributed by atoms with Gasteiger partial charge in [-0.05, 0) is 0 Å². The van der Waals surface area contributed by atoms with Gasteiger partial charge in [0.25, 0.3) is 0 Å². The molecule has 1 aromatic carbocycles. The molecule has 18 heavy (non-hydrogen) atoms. The minimum atomic E-state index is -1.99. The van der Waals surface area contributed by atoms with Gasteiger partial charge in [0.15, 0.2) is 0 Å². The zero-order valence-electron chi connectivity index (χ0n) is 11.9. The average Bonchev–Trinajstić information content (AvgIpc) is 2.35. The van der Waals surface area contributed by atoms with Gasteiger partial charge in [0.1, 0.15) is 0 Å². The van der Waals surface area contributed by atoms with E-state index in [1.165, 1.54) is 37.8 Å². The minimum Gasteiger partial charge on any atom is -0.872 e. The average molecular weight is 365 g/mol. The van der Waals surface area contributed by atoms with Gasteiger partial charge in [-0.15, -0.1) is 5.75 Å². The third-order valence-corrected chi connectivity index (χ3v) is 7.56. The first-order valence-electron chi connectivity index (χ1n) is 6.44. The Morgan fingerprint density at radius 3 is 1.72 bits per heavy atom. The molecular formula is C14H23NaO2Sn. The predicted octanol–water partition coefficient (Wildman–Crippen LogP) is 0.773. The van der Waals surface area contributed by atoms with Crippen molar-refractivity contribution in [1.29, 1.82) is 0 Å². The monoisotopic (exact) mass is 366 g/mol. The summed E-state index contributed by atoms with van der Waals surface area (Å²) >= 11 is -1.99. The van der Waals surface area contributed by atoms with E-state index in [2.05, 4.69) is 13.8 Å². The van der Waals surface area contributed by atoms with Crippen LogP contribution in [0.1, 0.15) is 39.5 Å². The van der Waals surface area contributed by atoms with E-state index in [0.29, 0.717) is 0 Å². The topological polar surface area (TPSA) is 40.1 Å². The summed E-state index contributed by atoms with van der Waals surface area (Å²) in [6.07, 6.45) is 4.81. The molecule has 1 rings (SSSR count). The van der Waals surface area contributed by atoms with Gasteiger partial charge >= 0.3 is 101 Å². The Morgan fingerprint density at radius 2 is 1.44 bits per heavy atom. The zero-order valence-corrected chi connectivity index (χ0v) is 16.8. The normalized spacial score (nSPS) is 8.78.